The third-order valence-electron chi connectivity index (χ3n) is 4.78. The fourth-order valence-corrected chi connectivity index (χ4v) is 4.27. The maximum atomic E-state index is 13.1. The van der Waals surface area contributed by atoms with Crippen molar-refractivity contribution in [3.63, 3.8) is 0 Å². The highest BCUT2D eigenvalue weighted by molar-refractivity contribution is 7.90. The van der Waals surface area contributed by atoms with E-state index in [0.29, 0.717) is 6.07 Å². The minimum atomic E-state index is -4.87. The molecule has 0 aliphatic rings. The van der Waals surface area contributed by atoms with Crippen molar-refractivity contribution in [3.8, 4) is 0 Å². The summed E-state index contributed by atoms with van der Waals surface area (Å²) in [6.45, 7) is 3.78. The Morgan fingerprint density at radius 1 is 1.07 bits per heavy atom. The van der Waals surface area contributed by atoms with Gasteiger partial charge in [0.15, 0.2) is 0 Å². The maximum Gasteiger partial charge on any atom is 0.417 e. The number of aromatic nitrogens is 1. The van der Waals surface area contributed by atoms with Crippen molar-refractivity contribution in [2.75, 3.05) is 0 Å². The first kappa shape index (κ1) is 19.9. The molecule has 0 radical (unpaired) electrons. The highest BCUT2D eigenvalue weighted by Gasteiger charge is 2.37. The fourth-order valence-electron chi connectivity index (χ4n) is 3.07. The number of alkyl halides is 3. The standard InChI is InChI=1S/C19H17F3N2O3S/c1-11-12(2)24(3)16-9-8-13(10-14(11)16)18(25)23-28(26,27)17-7-5-4-6-15(17)19(20,21)22/h4-10H,1-3H3,(H,23,25). The van der Waals surface area contributed by atoms with Crippen LogP contribution in [0.25, 0.3) is 10.9 Å². The molecule has 0 saturated carbocycles. The summed E-state index contributed by atoms with van der Waals surface area (Å²) in [4.78, 5) is 11.5. The third-order valence-corrected chi connectivity index (χ3v) is 6.17. The zero-order valence-electron chi connectivity index (χ0n) is 15.3. The van der Waals surface area contributed by atoms with Gasteiger partial charge in [-0.25, -0.2) is 13.1 Å². The molecule has 1 amide bonds. The van der Waals surface area contributed by atoms with Gasteiger partial charge in [0.2, 0.25) is 0 Å². The Morgan fingerprint density at radius 3 is 2.36 bits per heavy atom. The van der Waals surface area contributed by atoms with E-state index in [-0.39, 0.29) is 5.56 Å². The first-order valence-electron chi connectivity index (χ1n) is 8.22. The molecule has 0 spiro atoms. The number of carbonyl (C=O) groups excluding carboxylic acids is 1. The van der Waals surface area contributed by atoms with E-state index in [2.05, 4.69) is 0 Å². The molecule has 1 heterocycles. The molecule has 9 heteroatoms. The van der Waals surface area contributed by atoms with Gasteiger partial charge < -0.3 is 4.57 Å². The topological polar surface area (TPSA) is 68.2 Å². The molecule has 0 aliphatic carbocycles. The van der Waals surface area contributed by atoms with Gasteiger partial charge in [-0.2, -0.15) is 13.2 Å². The van der Waals surface area contributed by atoms with E-state index in [1.54, 1.807) is 10.8 Å². The highest BCUT2D eigenvalue weighted by Crippen LogP contribution is 2.34. The lowest BCUT2D eigenvalue weighted by Crippen LogP contribution is -2.32. The SMILES string of the molecule is Cc1c(C)n(C)c2ccc(C(=O)NS(=O)(=O)c3ccccc3C(F)(F)F)cc12. The predicted molar refractivity (Wildman–Crippen MR) is 98.5 cm³/mol. The van der Waals surface area contributed by atoms with Crippen LogP contribution in [0.15, 0.2) is 47.4 Å². The second-order valence-electron chi connectivity index (χ2n) is 6.43. The Kier molecular flexibility index (Phi) is 4.74. The van der Waals surface area contributed by atoms with E-state index in [4.69, 9.17) is 0 Å². The van der Waals surface area contributed by atoms with Crippen LogP contribution < -0.4 is 4.72 Å². The molecule has 0 unspecified atom stereocenters. The molecule has 28 heavy (non-hydrogen) atoms. The number of rotatable bonds is 3. The highest BCUT2D eigenvalue weighted by atomic mass is 32.2. The third kappa shape index (κ3) is 3.37. The zero-order chi connectivity index (χ0) is 20.9. The molecule has 0 fully saturated rings. The maximum absolute atomic E-state index is 13.1. The lowest BCUT2D eigenvalue weighted by Gasteiger charge is -2.13. The lowest BCUT2D eigenvalue weighted by atomic mass is 10.1. The zero-order valence-corrected chi connectivity index (χ0v) is 16.1. The average molecular weight is 410 g/mol. The number of sulfonamides is 1. The normalized spacial score (nSPS) is 12.4. The average Bonchev–Trinajstić information content (AvgIpc) is 2.84. The van der Waals surface area contributed by atoms with Crippen LogP contribution in [-0.4, -0.2) is 18.9 Å². The molecule has 0 atom stereocenters. The predicted octanol–water partition coefficient (Wildman–Crippen LogP) is 3.93. The van der Waals surface area contributed by atoms with Gasteiger partial charge in [-0.1, -0.05) is 12.1 Å². The molecule has 3 rings (SSSR count). The molecule has 2 aromatic carbocycles. The number of nitrogens with one attached hydrogen (secondary N) is 1. The molecule has 5 nitrogen and oxygen atoms in total. The van der Waals surface area contributed by atoms with E-state index >= 15 is 0 Å². The second kappa shape index (κ2) is 6.66. The summed E-state index contributed by atoms with van der Waals surface area (Å²) < 4.78 is 67.9. The first-order valence-corrected chi connectivity index (χ1v) is 9.71. The number of nitrogens with zero attached hydrogens (tertiary/aromatic N) is 1. The van der Waals surface area contributed by atoms with Gasteiger partial charge in [0, 0.05) is 29.2 Å². The van der Waals surface area contributed by atoms with Crippen molar-refractivity contribution in [1.82, 2.24) is 9.29 Å². The van der Waals surface area contributed by atoms with Crippen LogP contribution >= 0.6 is 0 Å². The monoisotopic (exact) mass is 410 g/mol. The number of amides is 1. The summed E-state index contributed by atoms with van der Waals surface area (Å²) in [6.07, 6.45) is -4.87. The number of fused-ring (bicyclic) bond motifs is 1. The number of halogens is 3. The molecule has 148 valence electrons. The number of hydrogen-bond donors (Lipinski definition) is 1. The summed E-state index contributed by atoms with van der Waals surface area (Å²) in [5.74, 6) is -1.00. The van der Waals surface area contributed by atoms with Crippen LogP contribution in [0.2, 0.25) is 0 Å². The van der Waals surface area contributed by atoms with Crippen molar-refractivity contribution >= 4 is 26.8 Å². The van der Waals surface area contributed by atoms with E-state index in [1.807, 2.05) is 25.5 Å². The molecule has 1 N–H and O–H groups in total. The lowest BCUT2D eigenvalue weighted by molar-refractivity contribution is -0.139. The van der Waals surface area contributed by atoms with E-state index in [9.17, 15) is 26.4 Å². The Labute approximate surface area is 159 Å². The molecule has 0 bridgehead atoms. The number of carbonyl (C=O) groups is 1. The van der Waals surface area contributed by atoms with E-state index in [0.717, 1.165) is 40.4 Å². The summed E-state index contributed by atoms with van der Waals surface area (Å²) in [5.41, 5.74) is 1.48. The Bertz CT molecular complexity index is 1200. The fraction of sp³-hybridized carbons (Fsp3) is 0.211. The van der Waals surface area contributed by atoms with Gasteiger partial charge in [-0.3, -0.25) is 4.79 Å². The van der Waals surface area contributed by atoms with E-state index < -0.39 is 32.6 Å². The van der Waals surface area contributed by atoms with Gasteiger partial charge in [0.1, 0.15) is 0 Å². The quantitative estimate of drug-likeness (QED) is 0.711. The van der Waals surface area contributed by atoms with Gasteiger partial charge in [-0.15, -0.1) is 0 Å². The minimum absolute atomic E-state index is 0.0364. The Balaban J connectivity index is 1.99. The van der Waals surface area contributed by atoms with Gasteiger partial charge in [0.25, 0.3) is 15.9 Å². The summed E-state index contributed by atoms with van der Waals surface area (Å²) in [5, 5.41) is 0.765. The van der Waals surface area contributed by atoms with Crippen LogP contribution in [0.1, 0.15) is 27.2 Å². The van der Waals surface area contributed by atoms with Crippen molar-refractivity contribution in [3.05, 3.63) is 64.8 Å². The molecule has 0 aliphatic heterocycles. The summed E-state index contributed by atoms with van der Waals surface area (Å²) in [7, 11) is -2.85. The van der Waals surface area contributed by atoms with Crippen molar-refractivity contribution in [2.45, 2.75) is 24.9 Å². The van der Waals surface area contributed by atoms with E-state index in [1.165, 1.54) is 12.1 Å². The van der Waals surface area contributed by atoms with Crippen molar-refractivity contribution < 1.29 is 26.4 Å². The largest absolute Gasteiger partial charge is 0.417 e. The van der Waals surface area contributed by atoms with Gasteiger partial charge >= 0.3 is 6.18 Å². The first-order chi connectivity index (χ1) is 12.9. The van der Waals surface area contributed by atoms with Crippen LogP contribution in [0, 0.1) is 13.8 Å². The van der Waals surface area contributed by atoms with Gasteiger partial charge in [-0.05, 0) is 49.7 Å². The molecular weight excluding hydrogens is 393 g/mol. The molecule has 3 aromatic rings. The molecule has 0 saturated heterocycles. The molecular formula is C19H17F3N2O3S. The second-order valence-corrected chi connectivity index (χ2v) is 8.08. The van der Waals surface area contributed by atoms with Crippen molar-refractivity contribution in [2.24, 2.45) is 7.05 Å². The van der Waals surface area contributed by atoms with Crippen LogP contribution in [-0.2, 0) is 23.2 Å². The number of aryl methyl sites for hydroxylation is 2. The van der Waals surface area contributed by atoms with Crippen LogP contribution in [0.5, 0.6) is 0 Å². The van der Waals surface area contributed by atoms with Crippen LogP contribution in [0.3, 0.4) is 0 Å². The smallest absolute Gasteiger partial charge is 0.348 e. The number of hydrogen-bond acceptors (Lipinski definition) is 3. The Hall–Kier alpha value is -2.81. The minimum Gasteiger partial charge on any atom is -0.348 e. The van der Waals surface area contributed by atoms with Gasteiger partial charge in [0.05, 0.1) is 10.5 Å². The van der Waals surface area contributed by atoms with Crippen LogP contribution in [0.4, 0.5) is 13.2 Å². The summed E-state index contributed by atoms with van der Waals surface area (Å²) >= 11 is 0. The van der Waals surface area contributed by atoms with Crippen molar-refractivity contribution in [1.29, 1.82) is 0 Å². The summed E-state index contributed by atoms with van der Waals surface area (Å²) in [6, 6.07) is 8.34. The Morgan fingerprint density at radius 2 is 1.71 bits per heavy atom. The number of benzene rings is 2. The molecule has 1 aromatic heterocycles.